The average Bonchev–Trinajstić information content (AvgIpc) is 2.69. The van der Waals surface area contributed by atoms with Crippen LogP contribution in [0.4, 0.5) is 18.9 Å². The Labute approximate surface area is 182 Å². The summed E-state index contributed by atoms with van der Waals surface area (Å²) in [6.07, 6.45) is -4.72. The number of benzene rings is 2. The van der Waals surface area contributed by atoms with Gasteiger partial charge in [0.05, 0.1) is 35.9 Å². The Morgan fingerprint density at radius 1 is 1.00 bits per heavy atom. The molecule has 10 heteroatoms. The number of halogens is 4. The van der Waals surface area contributed by atoms with Gasteiger partial charge in [-0.3, -0.25) is 9.59 Å². The molecule has 0 unspecified atom stereocenters. The lowest BCUT2D eigenvalue weighted by atomic mass is 10.1. The molecule has 0 heterocycles. The number of carbonyl (C=O) groups is 2. The molecule has 0 aliphatic heterocycles. The maximum Gasteiger partial charge on any atom is 0.416 e. The van der Waals surface area contributed by atoms with Crippen molar-refractivity contribution in [1.82, 2.24) is 0 Å². The fourth-order valence-electron chi connectivity index (χ4n) is 2.55. The van der Waals surface area contributed by atoms with Crippen LogP contribution in [0.3, 0.4) is 0 Å². The van der Waals surface area contributed by atoms with Crippen LogP contribution in [-0.4, -0.2) is 31.7 Å². The lowest BCUT2D eigenvalue weighted by molar-refractivity contribution is -0.146. The smallest absolute Gasteiger partial charge is 0.416 e. The maximum atomic E-state index is 12.8. The molecule has 0 aliphatic rings. The second-order valence-corrected chi connectivity index (χ2v) is 6.63. The maximum absolute atomic E-state index is 12.8. The molecule has 2 aromatic rings. The predicted molar refractivity (Wildman–Crippen MR) is 109 cm³/mol. The lowest BCUT2D eigenvalue weighted by Crippen LogP contribution is -2.22. The molecule has 0 bridgehead atoms. The fraction of sp³-hybridized carbons (Fsp3) is 0.333. The van der Waals surface area contributed by atoms with Gasteiger partial charge in [-0.2, -0.15) is 13.2 Å². The second-order valence-electron chi connectivity index (χ2n) is 6.23. The monoisotopic (exact) mass is 459 g/mol. The van der Waals surface area contributed by atoms with Crippen molar-refractivity contribution in [2.24, 2.45) is 0 Å². The summed E-state index contributed by atoms with van der Waals surface area (Å²) in [4.78, 5) is 24.0. The van der Waals surface area contributed by atoms with Crippen LogP contribution in [0, 0.1) is 0 Å². The Kier molecular flexibility index (Phi) is 8.56. The van der Waals surface area contributed by atoms with E-state index in [0.29, 0.717) is 36.3 Å². The summed E-state index contributed by atoms with van der Waals surface area (Å²) in [5, 5.41) is 2.13. The summed E-state index contributed by atoms with van der Waals surface area (Å²) in [5.74, 6) is -0.501. The number of alkyl halides is 3. The molecule has 0 radical (unpaired) electrons. The van der Waals surface area contributed by atoms with E-state index in [9.17, 15) is 22.8 Å². The molecule has 2 rings (SSSR count). The Hall–Kier alpha value is -2.94. The highest BCUT2D eigenvalue weighted by Gasteiger charge is 2.31. The summed E-state index contributed by atoms with van der Waals surface area (Å²) < 4.78 is 54.2. The first-order chi connectivity index (χ1) is 14.6. The first-order valence-electron chi connectivity index (χ1n) is 9.34. The third-order valence-corrected chi connectivity index (χ3v) is 4.22. The van der Waals surface area contributed by atoms with Crippen LogP contribution in [0.1, 0.15) is 25.0 Å². The largest absolute Gasteiger partial charge is 0.490 e. The van der Waals surface area contributed by atoms with Crippen molar-refractivity contribution in [2.75, 3.05) is 25.1 Å². The number of carbonyl (C=O) groups excluding carboxylic acids is 2. The van der Waals surface area contributed by atoms with E-state index in [-0.39, 0.29) is 17.1 Å². The molecule has 0 aromatic heterocycles. The number of anilines is 1. The molecule has 0 atom stereocenters. The van der Waals surface area contributed by atoms with E-state index in [1.54, 1.807) is 18.2 Å². The normalized spacial score (nSPS) is 11.0. The molecule has 1 amide bonds. The van der Waals surface area contributed by atoms with Crippen molar-refractivity contribution in [2.45, 2.75) is 26.4 Å². The average molecular weight is 460 g/mol. The van der Waals surface area contributed by atoms with Crippen molar-refractivity contribution in [3.8, 4) is 11.5 Å². The Morgan fingerprint density at radius 2 is 1.68 bits per heavy atom. The molecule has 0 fully saturated rings. The number of ether oxygens (including phenoxy) is 3. The standard InChI is InChI=1S/C21H21ClF3NO5/c1-3-29-17-8-5-13(9-18(17)30-4-2)10-20(28)31-12-19(27)26-16-11-14(21(23,24)25)6-7-15(16)22/h5-9,11H,3-4,10,12H2,1-2H3,(H,26,27). The van der Waals surface area contributed by atoms with Gasteiger partial charge in [0.25, 0.3) is 5.91 Å². The molecule has 168 valence electrons. The summed E-state index contributed by atoms with van der Waals surface area (Å²) in [7, 11) is 0. The SMILES string of the molecule is CCOc1ccc(CC(=O)OCC(=O)Nc2cc(C(F)(F)F)ccc2Cl)cc1OCC. The van der Waals surface area contributed by atoms with Crippen molar-refractivity contribution in [1.29, 1.82) is 0 Å². The van der Waals surface area contributed by atoms with Crippen molar-refractivity contribution < 1.29 is 37.0 Å². The summed E-state index contributed by atoms with van der Waals surface area (Å²) >= 11 is 5.82. The topological polar surface area (TPSA) is 73.9 Å². The van der Waals surface area contributed by atoms with Crippen LogP contribution in [0.5, 0.6) is 11.5 Å². The van der Waals surface area contributed by atoms with Gasteiger partial charge in [-0.25, -0.2) is 0 Å². The third-order valence-electron chi connectivity index (χ3n) is 3.89. The minimum absolute atomic E-state index is 0.0782. The van der Waals surface area contributed by atoms with Crippen LogP contribution >= 0.6 is 11.6 Å². The first kappa shape index (κ1) is 24.3. The van der Waals surface area contributed by atoms with Crippen molar-refractivity contribution in [3.05, 3.63) is 52.5 Å². The molecule has 31 heavy (non-hydrogen) atoms. The van der Waals surface area contributed by atoms with Crippen LogP contribution in [0.25, 0.3) is 0 Å². The number of hydrogen-bond acceptors (Lipinski definition) is 5. The molecular formula is C21H21ClF3NO5. The molecular weight excluding hydrogens is 439 g/mol. The number of esters is 1. The minimum Gasteiger partial charge on any atom is -0.490 e. The highest BCUT2D eigenvalue weighted by atomic mass is 35.5. The fourth-order valence-corrected chi connectivity index (χ4v) is 2.72. The third kappa shape index (κ3) is 7.36. The van der Waals surface area contributed by atoms with E-state index in [4.69, 9.17) is 25.8 Å². The Bertz CT molecular complexity index is 934. The molecule has 2 aromatic carbocycles. The van der Waals surface area contributed by atoms with Gasteiger partial charge in [0.2, 0.25) is 0 Å². The highest BCUT2D eigenvalue weighted by molar-refractivity contribution is 6.33. The minimum atomic E-state index is -4.59. The molecule has 0 saturated heterocycles. The number of rotatable bonds is 9. The predicted octanol–water partition coefficient (Wildman–Crippen LogP) is 4.88. The quantitative estimate of drug-likeness (QED) is 0.541. The van der Waals surface area contributed by atoms with E-state index in [1.165, 1.54) is 0 Å². The van der Waals surface area contributed by atoms with E-state index < -0.39 is 30.2 Å². The highest BCUT2D eigenvalue weighted by Crippen LogP contribution is 2.34. The molecule has 0 spiro atoms. The van der Waals surface area contributed by atoms with Crippen LogP contribution < -0.4 is 14.8 Å². The van der Waals surface area contributed by atoms with Crippen LogP contribution in [-0.2, 0) is 26.9 Å². The Balaban J connectivity index is 1.94. The van der Waals surface area contributed by atoms with Gasteiger partial charge < -0.3 is 19.5 Å². The molecule has 0 saturated carbocycles. The molecule has 1 N–H and O–H groups in total. The van der Waals surface area contributed by atoms with Gasteiger partial charge in [0.1, 0.15) is 0 Å². The Morgan fingerprint density at radius 3 is 2.32 bits per heavy atom. The van der Waals surface area contributed by atoms with E-state index in [0.717, 1.165) is 12.1 Å². The van der Waals surface area contributed by atoms with Gasteiger partial charge in [-0.05, 0) is 49.7 Å². The van der Waals surface area contributed by atoms with E-state index in [2.05, 4.69) is 5.32 Å². The molecule has 0 aliphatic carbocycles. The van der Waals surface area contributed by atoms with Crippen LogP contribution in [0.15, 0.2) is 36.4 Å². The van der Waals surface area contributed by atoms with Gasteiger partial charge in [0.15, 0.2) is 18.1 Å². The zero-order valence-electron chi connectivity index (χ0n) is 16.8. The number of hydrogen-bond donors (Lipinski definition) is 1. The number of nitrogens with one attached hydrogen (secondary N) is 1. The zero-order chi connectivity index (χ0) is 23.0. The molecule has 6 nitrogen and oxygen atoms in total. The first-order valence-corrected chi connectivity index (χ1v) is 9.72. The summed E-state index contributed by atoms with van der Waals surface area (Å²) in [5.41, 5.74) is -0.617. The van der Waals surface area contributed by atoms with Crippen molar-refractivity contribution in [3.63, 3.8) is 0 Å². The van der Waals surface area contributed by atoms with Crippen LogP contribution in [0.2, 0.25) is 5.02 Å². The second kappa shape index (κ2) is 10.9. The zero-order valence-corrected chi connectivity index (χ0v) is 17.6. The summed E-state index contributed by atoms with van der Waals surface area (Å²) in [6, 6.07) is 7.49. The van der Waals surface area contributed by atoms with E-state index in [1.807, 2.05) is 13.8 Å². The van der Waals surface area contributed by atoms with Gasteiger partial charge in [0, 0.05) is 0 Å². The van der Waals surface area contributed by atoms with Gasteiger partial charge in [-0.15, -0.1) is 0 Å². The van der Waals surface area contributed by atoms with E-state index >= 15 is 0 Å². The van der Waals surface area contributed by atoms with Gasteiger partial charge in [-0.1, -0.05) is 17.7 Å². The van der Waals surface area contributed by atoms with Gasteiger partial charge >= 0.3 is 12.1 Å². The number of amides is 1. The lowest BCUT2D eigenvalue weighted by Gasteiger charge is -2.13. The van der Waals surface area contributed by atoms with Crippen molar-refractivity contribution >= 4 is 29.2 Å². The summed E-state index contributed by atoms with van der Waals surface area (Å²) in [6.45, 7) is 3.82.